The lowest BCUT2D eigenvalue weighted by Crippen LogP contribution is -2.41. The average molecular weight is 374 g/mol. The molecule has 2 heterocycles. The molecule has 1 fully saturated rings. The van der Waals surface area contributed by atoms with E-state index in [0.29, 0.717) is 12.2 Å². The van der Waals surface area contributed by atoms with Gasteiger partial charge in [0, 0.05) is 25.0 Å². The minimum atomic E-state index is -3.24. The van der Waals surface area contributed by atoms with E-state index in [-0.39, 0.29) is 16.7 Å². The molecule has 0 saturated carbocycles. The Kier molecular flexibility index (Phi) is 5.22. The van der Waals surface area contributed by atoms with Crippen molar-refractivity contribution in [2.45, 2.75) is 24.7 Å². The number of rotatable bonds is 4. The maximum absolute atomic E-state index is 12.6. The number of carbonyl (C=O) groups excluding carboxylic acids is 1. The number of aromatic nitrogens is 2. The summed E-state index contributed by atoms with van der Waals surface area (Å²) >= 11 is 0. The maximum atomic E-state index is 12.6. The van der Waals surface area contributed by atoms with Crippen LogP contribution in [0.1, 0.15) is 18.5 Å². The van der Waals surface area contributed by atoms with Gasteiger partial charge < -0.3 is 10.2 Å². The first-order valence-corrected chi connectivity index (χ1v) is 10.4. The molecule has 1 aliphatic rings. The second kappa shape index (κ2) is 7.41. The van der Waals surface area contributed by atoms with Gasteiger partial charge in [0.25, 0.3) is 0 Å². The van der Waals surface area contributed by atoms with Crippen LogP contribution in [0.15, 0.2) is 41.3 Å². The fourth-order valence-electron chi connectivity index (χ4n) is 2.99. The Labute approximate surface area is 153 Å². The number of carbonyl (C=O) groups is 1. The SMILES string of the molecule is Cc1ccc(N2CCCC(C(=O)Nc3ccc(S(C)(=O)=O)cc3)C2)nn1. The normalized spacial score (nSPS) is 17.8. The number of benzene rings is 1. The van der Waals surface area contributed by atoms with E-state index in [0.717, 1.165) is 37.2 Å². The molecule has 1 unspecified atom stereocenters. The highest BCUT2D eigenvalue weighted by Crippen LogP contribution is 2.23. The van der Waals surface area contributed by atoms with Crippen molar-refractivity contribution in [2.75, 3.05) is 29.6 Å². The number of amides is 1. The van der Waals surface area contributed by atoms with Crippen molar-refractivity contribution in [1.82, 2.24) is 10.2 Å². The van der Waals surface area contributed by atoms with Crippen LogP contribution in [-0.4, -0.2) is 43.9 Å². The molecule has 1 atom stereocenters. The molecule has 3 rings (SSSR count). The molecule has 1 amide bonds. The molecule has 26 heavy (non-hydrogen) atoms. The van der Waals surface area contributed by atoms with Gasteiger partial charge in [0.2, 0.25) is 5.91 Å². The zero-order chi connectivity index (χ0) is 18.7. The average Bonchev–Trinajstić information content (AvgIpc) is 2.62. The topological polar surface area (TPSA) is 92.3 Å². The smallest absolute Gasteiger partial charge is 0.229 e. The number of hydrogen-bond acceptors (Lipinski definition) is 6. The van der Waals surface area contributed by atoms with Crippen molar-refractivity contribution >= 4 is 27.2 Å². The summed E-state index contributed by atoms with van der Waals surface area (Å²) in [5.41, 5.74) is 1.45. The van der Waals surface area contributed by atoms with E-state index in [9.17, 15) is 13.2 Å². The van der Waals surface area contributed by atoms with Gasteiger partial charge in [-0.25, -0.2) is 8.42 Å². The van der Waals surface area contributed by atoms with E-state index >= 15 is 0 Å². The molecule has 1 N–H and O–H groups in total. The highest BCUT2D eigenvalue weighted by molar-refractivity contribution is 7.90. The quantitative estimate of drug-likeness (QED) is 0.880. The lowest BCUT2D eigenvalue weighted by molar-refractivity contribution is -0.120. The highest BCUT2D eigenvalue weighted by Gasteiger charge is 2.26. The van der Waals surface area contributed by atoms with Crippen LogP contribution in [0.3, 0.4) is 0 Å². The standard InChI is InChI=1S/C18H22N4O3S/c1-13-5-10-17(21-20-13)22-11-3-4-14(12-22)18(23)19-15-6-8-16(9-7-15)26(2,24)25/h5-10,14H,3-4,11-12H2,1-2H3,(H,19,23). The number of piperidine rings is 1. The van der Waals surface area contributed by atoms with Gasteiger partial charge >= 0.3 is 0 Å². The Morgan fingerprint density at radius 2 is 1.88 bits per heavy atom. The Bertz CT molecular complexity index is 880. The molecule has 2 aromatic rings. The van der Waals surface area contributed by atoms with E-state index < -0.39 is 9.84 Å². The lowest BCUT2D eigenvalue weighted by atomic mass is 9.97. The van der Waals surface area contributed by atoms with E-state index in [4.69, 9.17) is 0 Å². The molecule has 138 valence electrons. The minimum absolute atomic E-state index is 0.0677. The Morgan fingerprint density at radius 1 is 1.15 bits per heavy atom. The van der Waals surface area contributed by atoms with E-state index in [1.165, 1.54) is 12.1 Å². The van der Waals surface area contributed by atoms with Crippen LogP contribution >= 0.6 is 0 Å². The zero-order valence-corrected chi connectivity index (χ0v) is 15.7. The number of nitrogens with zero attached hydrogens (tertiary/aromatic N) is 3. The van der Waals surface area contributed by atoms with Crippen molar-refractivity contribution in [3.63, 3.8) is 0 Å². The molecule has 0 bridgehead atoms. The van der Waals surface area contributed by atoms with Gasteiger partial charge in [-0.05, 0) is 56.2 Å². The van der Waals surface area contributed by atoms with Crippen LogP contribution in [0.5, 0.6) is 0 Å². The number of anilines is 2. The summed E-state index contributed by atoms with van der Waals surface area (Å²) in [5.74, 6) is 0.564. The van der Waals surface area contributed by atoms with Crippen LogP contribution in [0.25, 0.3) is 0 Å². The van der Waals surface area contributed by atoms with Gasteiger partial charge in [-0.2, -0.15) is 5.10 Å². The summed E-state index contributed by atoms with van der Waals surface area (Å²) < 4.78 is 23.0. The maximum Gasteiger partial charge on any atom is 0.229 e. The van der Waals surface area contributed by atoms with Crippen LogP contribution in [-0.2, 0) is 14.6 Å². The van der Waals surface area contributed by atoms with Gasteiger partial charge in [-0.1, -0.05) is 0 Å². The zero-order valence-electron chi connectivity index (χ0n) is 14.8. The predicted octanol–water partition coefficient (Wildman–Crippen LogP) is 2.04. The van der Waals surface area contributed by atoms with Crippen LogP contribution < -0.4 is 10.2 Å². The summed E-state index contributed by atoms with van der Waals surface area (Å²) in [6.07, 6.45) is 2.87. The summed E-state index contributed by atoms with van der Waals surface area (Å²) in [6.45, 7) is 3.33. The van der Waals surface area contributed by atoms with Crippen molar-refractivity contribution < 1.29 is 13.2 Å². The summed E-state index contributed by atoms with van der Waals surface area (Å²) in [7, 11) is -3.24. The molecular formula is C18H22N4O3S. The molecule has 0 aliphatic carbocycles. The van der Waals surface area contributed by atoms with Crippen molar-refractivity contribution in [1.29, 1.82) is 0 Å². The van der Waals surface area contributed by atoms with Crippen molar-refractivity contribution in [3.8, 4) is 0 Å². The summed E-state index contributed by atoms with van der Waals surface area (Å²) in [5, 5.41) is 11.2. The lowest BCUT2D eigenvalue weighted by Gasteiger charge is -2.32. The summed E-state index contributed by atoms with van der Waals surface area (Å²) in [4.78, 5) is 14.9. The van der Waals surface area contributed by atoms with Crippen LogP contribution in [0.2, 0.25) is 0 Å². The largest absolute Gasteiger partial charge is 0.354 e. The number of nitrogens with one attached hydrogen (secondary N) is 1. The van der Waals surface area contributed by atoms with Gasteiger partial charge in [0.1, 0.15) is 0 Å². The van der Waals surface area contributed by atoms with Crippen LogP contribution in [0.4, 0.5) is 11.5 Å². The Hall–Kier alpha value is -2.48. The second-order valence-electron chi connectivity index (χ2n) is 6.60. The predicted molar refractivity (Wildman–Crippen MR) is 99.9 cm³/mol. The van der Waals surface area contributed by atoms with Gasteiger partial charge in [-0.15, -0.1) is 5.10 Å². The molecular weight excluding hydrogens is 352 g/mol. The van der Waals surface area contributed by atoms with Gasteiger partial charge in [-0.3, -0.25) is 4.79 Å². The molecule has 0 radical (unpaired) electrons. The third-order valence-corrected chi connectivity index (χ3v) is 5.58. The monoisotopic (exact) mass is 374 g/mol. The molecule has 1 aromatic carbocycles. The van der Waals surface area contributed by atoms with Gasteiger partial charge in [0.15, 0.2) is 15.7 Å². The van der Waals surface area contributed by atoms with E-state index in [1.54, 1.807) is 12.1 Å². The van der Waals surface area contributed by atoms with Crippen molar-refractivity contribution in [2.24, 2.45) is 5.92 Å². The third kappa shape index (κ3) is 4.37. The molecule has 1 aliphatic heterocycles. The summed E-state index contributed by atoms with van der Waals surface area (Å²) in [6, 6.07) is 10.1. The van der Waals surface area contributed by atoms with E-state index in [2.05, 4.69) is 20.4 Å². The first kappa shape index (κ1) is 18.3. The first-order valence-electron chi connectivity index (χ1n) is 8.49. The van der Waals surface area contributed by atoms with E-state index in [1.807, 2.05) is 19.1 Å². The molecule has 7 nitrogen and oxygen atoms in total. The van der Waals surface area contributed by atoms with Crippen molar-refractivity contribution in [3.05, 3.63) is 42.1 Å². The molecule has 1 aromatic heterocycles. The second-order valence-corrected chi connectivity index (χ2v) is 8.62. The van der Waals surface area contributed by atoms with Gasteiger partial charge in [0.05, 0.1) is 16.5 Å². The Morgan fingerprint density at radius 3 is 2.50 bits per heavy atom. The molecule has 8 heteroatoms. The number of aryl methyl sites for hydroxylation is 1. The van der Waals surface area contributed by atoms with Crippen LogP contribution in [0, 0.1) is 12.8 Å². The molecule has 1 saturated heterocycles. The fraction of sp³-hybridized carbons (Fsp3) is 0.389. The Balaban J connectivity index is 1.65. The minimum Gasteiger partial charge on any atom is -0.354 e. The first-order chi connectivity index (χ1) is 12.3. The highest BCUT2D eigenvalue weighted by atomic mass is 32.2. The third-order valence-electron chi connectivity index (χ3n) is 4.45. The fourth-order valence-corrected chi connectivity index (χ4v) is 3.62. The number of hydrogen-bond donors (Lipinski definition) is 1. The molecule has 0 spiro atoms. The number of sulfone groups is 1.